The molecule has 1 aromatic carbocycles. The normalized spacial score (nSPS) is 25.5. The van der Waals surface area contributed by atoms with E-state index < -0.39 is 6.10 Å². The molecule has 0 bridgehead atoms. The van der Waals surface area contributed by atoms with Gasteiger partial charge >= 0.3 is 0 Å². The lowest BCUT2D eigenvalue weighted by Crippen LogP contribution is -2.59. The zero-order valence-electron chi connectivity index (χ0n) is 19.7. The van der Waals surface area contributed by atoms with Gasteiger partial charge in [0.25, 0.3) is 0 Å². The number of fused-ring (bicyclic) bond motifs is 1. The second-order valence-electron chi connectivity index (χ2n) is 10.4. The molecule has 0 aromatic heterocycles. The Kier molecular flexibility index (Phi) is 8.36. The maximum atomic E-state index is 13.1. The van der Waals surface area contributed by atoms with E-state index in [1.807, 2.05) is 45.0 Å². The number of likely N-dealkylation sites (tertiary alicyclic amines) is 1. The molecule has 6 heteroatoms. The average Bonchev–Trinajstić information content (AvgIpc) is 2.72. The fourth-order valence-corrected chi connectivity index (χ4v) is 5.13. The van der Waals surface area contributed by atoms with E-state index in [1.165, 1.54) is 25.7 Å². The molecule has 1 amide bonds. The number of rotatable bonds is 8. The van der Waals surface area contributed by atoms with Crippen LogP contribution in [0.4, 0.5) is 0 Å². The Labute approximate surface area is 187 Å². The first kappa shape index (κ1) is 24.0. The van der Waals surface area contributed by atoms with E-state index in [-0.39, 0.29) is 17.5 Å². The Morgan fingerprint density at radius 2 is 2.00 bits per heavy atom. The molecule has 0 unspecified atom stereocenters. The van der Waals surface area contributed by atoms with Crippen molar-refractivity contribution in [3.8, 4) is 5.75 Å². The van der Waals surface area contributed by atoms with Crippen molar-refractivity contribution in [1.29, 1.82) is 0 Å². The van der Waals surface area contributed by atoms with Crippen LogP contribution in [-0.2, 0) is 11.3 Å². The molecule has 2 fully saturated rings. The van der Waals surface area contributed by atoms with Crippen molar-refractivity contribution in [2.45, 2.75) is 77.1 Å². The van der Waals surface area contributed by atoms with Gasteiger partial charge in [0.1, 0.15) is 5.75 Å². The van der Waals surface area contributed by atoms with Crippen LogP contribution in [0.25, 0.3) is 0 Å². The highest BCUT2D eigenvalue weighted by Gasteiger charge is 2.40. The first-order valence-corrected chi connectivity index (χ1v) is 11.8. The maximum Gasteiger partial charge on any atom is 0.237 e. The summed E-state index contributed by atoms with van der Waals surface area (Å²) in [6.45, 7) is 8.69. The Hall–Kier alpha value is -1.63. The van der Waals surface area contributed by atoms with Crippen molar-refractivity contribution in [3.05, 3.63) is 29.8 Å². The fraction of sp³-hybridized carbons (Fsp3) is 0.720. The van der Waals surface area contributed by atoms with Crippen LogP contribution in [0.3, 0.4) is 0 Å². The van der Waals surface area contributed by atoms with Crippen molar-refractivity contribution in [3.63, 3.8) is 0 Å². The molecule has 4 atom stereocenters. The third kappa shape index (κ3) is 7.19. The minimum atomic E-state index is -0.518. The number of ether oxygens (including phenoxy) is 1. The molecule has 31 heavy (non-hydrogen) atoms. The van der Waals surface area contributed by atoms with E-state index in [4.69, 9.17) is 4.74 Å². The number of aliphatic hydroxyl groups is 1. The van der Waals surface area contributed by atoms with E-state index in [0.717, 1.165) is 24.3 Å². The third-order valence-electron chi connectivity index (χ3n) is 6.59. The topological polar surface area (TPSA) is 73.8 Å². The van der Waals surface area contributed by atoms with Crippen molar-refractivity contribution in [2.24, 2.45) is 11.8 Å². The third-order valence-corrected chi connectivity index (χ3v) is 6.59. The number of hydrogen-bond acceptors (Lipinski definition) is 5. The van der Waals surface area contributed by atoms with Crippen LogP contribution in [0, 0.1) is 11.8 Å². The molecular weight excluding hydrogens is 390 g/mol. The van der Waals surface area contributed by atoms with Crippen LogP contribution in [-0.4, -0.2) is 60.3 Å². The highest BCUT2D eigenvalue weighted by atomic mass is 16.5. The van der Waals surface area contributed by atoms with E-state index in [0.29, 0.717) is 31.5 Å². The van der Waals surface area contributed by atoms with Crippen LogP contribution in [0.15, 0.2) is 24.3 Å². The van der Waals surface area contributed by atoms with Gasteiger partial charge in [0, 0.05) is 31.7 Å². The predicted molar refractivity (Wildman–Crippen MR) is 124 cm³/mol. The molecule has 1 heterocycles. The standard InChI is InChI=1S/C25H41N3O3/c1-25(2,3)27-24(30)23-13-19-9-5-6-10-20(19)16-28(23)17-21(29)15-26-14-18-8-7-11-22(12-18)31-4/h7-8,11-12,19-21,23,26,29H,5-6,9-10,13-17H2,1-4H3,(H,27,30)/t19-,20+,21+,23-/m0/s1. The van der Waals surface area contributed by atoms with Crippen LogP contribution >= 0.6 is 0 Å². The Morgan fingerprint density at radius 3 is 2.71 bits per heavy atom. The number of methoxy groups -OCH3 is 1. The van der Waals surface area contributed by atoms with Crippen LogP contribution in [0.1, 0.15) is 58.4 Å². The Balaban J connectivity index is 1.56. The molecular formula is C25H41N3O3. The van der Waals surface area contributed by atoms with E-state index >= 15 is 0 Å². The zero-order valence-corrected chi connectivity index (χ0v) is 19.7. The molecule has 1 aliphatic carbocycles. The number of benzene rings is 1. The Bertz CT molecular complexity index is 718. The molecule has 1 aromatic rings. The first-order valence-electron chi connectivity index (χ1n) is 11.8. The molecule has 3 N–H and O–H groups in total. The van der Waals surface area contributed by atoms with Gasteiger partial charge in [-0.1, -0.05) is 31.4 Å². The average molecular weight is 432 g/mol. The van der Waals surface area contributed by atoms with E-state index in [1.54, 1.807) is 7.11 Å². The molecule has 1 aliphatic heterocycles. The van der Waals surface area contributed by atoms with Crippen molar-refractivity contribution < 1.29 is 14.6 Å². The molecule has 1 saturated heterocycles. The quantitative estimate of drug-likeness (QED) is 0.590. The van der Waals surface area contributed by atoms with Crippen LogP contribution in [0.2, 0.25) is 0 Å². The van der Waals surface area contributed by atoms with Gasteiger partial charge in [0.15, 0.2) is 0 Å². The molecule has 3 rings (SSSR count). The number of β-amino-alcohol motifs (C(OH)–C–C–N with tert-alkyl or cyclic N) is 1. The molecule has 6 nitrogen and oxygen atoms in total. The summed E-state index contributed by atoms with van der Waals surface area (Å²) in [6.07, 6.45) is 5.46. The maximum absolute atomic E-state index is 13.1. The lowest BCUT2D eigenvalue weighted by molar-refractivity contribution is -0.132. The molecule has 174 valence electrons. The number of carbonyl (C=O) groups is 1. The summed E-state index contributed by atoms with van der Waals surface area (Å²) in [6, 6.07) is 7.80. The van der Waals surface area contributed by atoms with Crippen molar-refractivity contribution in [2.75, 3.05) is 26.7 Å². The van der Waals surface area contributed by atoms with Crippen LogP contribution < -0.4 is 15.4 Å². The second kappa shape index (κ2) is 10.8. The molecule has 0 spiro atoms. The number of amides is 1. The van der Waals surface area contributed by atoms with Crippen molar-refractivity contribution >= 4 is 5.91 Å². The number of nitrogens with zero attached hydrogens (tertiary/aromatic N) is 1. The van der Waals surface area contributed by atoms with E-state index in [2.05, 4.69) is 15.5 Å². The summed E-state index contributed by atoms with van der Waals surface area (Å²) in [5.74, 6) is 2.24. The number of nitrogens with one attached hydrogen (secondary N) is 2. The van der Waals surface area contributed by atoms with Gasteiger partial charge in [-0.2, -0.15) is 0 Å². The summed E-state index contributed by atoms with van der Waals surface area (Å²) in [4.78, 5) is 15.3. The Morgan fingerprint density at radius 1 is 1.26 bits per heavy atom. The summed E-state index contributed by atoms with van der Waals surface area (Å²) < 4.78 is 5.27. The minimum Gasteiger partial charge on any atom is -0.497 e. The number of piperidine rings is 1. The fourth-order valence-electron chi connectivity index (χ4n) is 5.13. The van der Waals surface area contributed by atoms with Crippen LogP contribution in [0.5, 0.6) is 5.75 Å². The first-order chi connectivity index (χ1) is 14.7. The summed E-state index contributed by atoms with van der Waals surface area (Å²) in [5, 5.41) is 17.3. The minimum absolute atomic E-state index is 0.105. The monoisotopic (exact) mass is 431 g/mol. The summed E-state index contributed by atoms with van der Waals surface area (Å²) in [7, 11) is 1.66. The molecule has 0 radical (unpaired) electrons. The lowest BCUT2D eigenvalue weighted by atomic mass is 9.72. The van der Waals surface area contributed by atoms with E-state index in [9.17, 15) is 9.90 Å². The van der Waals surface area contributed by atoms with Gasteiger partial charge in [-0.25, -0.2) is 0 Å². The second-order valence-corrected chi connectivity index (χ2v) is 10.4. The van der Waals surface area contributed by atoms with Gasteiger partial charge in [-0.05, 0) is 63.1 Å². The zero-order chi connectivity index (χ0) is 22.4. The van der Waals surface area contributed by atoms with Gasteiger partial charge in [0.2, 0.25) is 5.91 Å². The van der Waals surface area contributed by atoms with Crippen molar-refractivity contribution in [1.82, 2.24) is 15.5 Å². The number of hydrogen-bond donors (Lipinski definition) is 3. The largest absolute Gasteiger partial charge is 0.497 e. The summed E-state index contributed by atoms with van der Waals surface area (Å²) >= 11 is 0. The number of carbonyl (C=O) groups excluding carboxylic acids is 1. The highest BCUT2D eigenvalue weighted by molar-refractivity contribution is 5.82. The van der Waals surface area contributed by atoms with Gasteiger partial charge in [-0.15, -0.1) is 0 Å². The predicted octanol–water partition coefficient (Wildman–Crippen LogP) is 2.94. The molecule has 2 aliphatic rings. The summed E-state index contributed by atoms with van der Waals surface area (Å²) in [5.41, 5.74) is 0.875. The van der Waals surface area contributed by atoms with Gasteiger partial charge in [0.05, 0.1) is 19.3 Å². The highest BCUT2D eigenvalue weighted by Crippen LogP contribution is 2.38. The smallest absolute Gasteiger partial charge is 0.237 e. The number of aliphatic hydroxyl groups excluding tert-OH is 1. The van der Waals surface area contributed by atoms with Gasteiger partial charge < -0.3 is 20.5 Å². The molecule has 1 saturated carbocycles. The lowest BCUT2D eigenvalue weighted by Gasteiger charge is -2.46. The SMILES string of the molecule is COc1cccc(CNC[C@@H](O)CN2C[C@H]3CCCC[C@H]3C[C@H]2C(=O)NC(C)(C)C)c1. The van der Waals surface area contributed by atoms with Gasteiger partial charge in [-0.3, -0.25) is 9.69 Å².